The van der Waals surface area contributed by atoms with Crippen LogP contribution in [0.3, 0.4) is 0 Å². The van der Waals surface area contributed by atoms with Crippen LogP contribution in [0.2, 0.25) is 0 Å². The Morgan fingerprint density at radius 2 is 1.27 bits per heavy atom. The normalized spacial score (nSPS) is 37.6. The van der Waals surface area contributed by atoms with Gasteiger partial charge in [-0.15, -0.1) is 0 Å². The van der Waals surface area contributed by atoms with Gasteiger partial charge in [0.15, 0.2) is 0 Å². The molecule has 0 radical (unpaired) electrons. The number of nitrogens with one attached hydrogen (secondary N) is 2. The maximum Gasteiger partial charge on any atom is 0.404 e. The molecule has 0 spiro atoms. The van der Waals surface area contributed by atoms with Crippen molar-refractivity contribution in [3.63, 3.8) is 0 Å². The van der Waals surface area contributed by atoms with Crippen molar-refractivity contribution in [2.45, 2.75) is 31.3 Å². The lowest BCUT2D eigenvalue weighted by Crippen LogP contribution is -2.44. The number of amides is 2. The third-order valence-corrected chi connectivity index (χ3v) is 3.47. The molecular formula is C9H14N2O4. The fraction of sp³-hybridized carbons (Fsp3) is 0.778. The second kappa shape index (κ2) is 3.60. The van der Waals surface area contributed by atoms with Crippen molar-refractivity contribution in [3.8, 4) is 0 Å². The Bertz CT molecular complexity index is 266. The minimum absolute atomic E-state index is 0.0133. The van der Waals surface area contributed by atoms with Gasteiger partial charge >= 0.3 is 12.2 Å². The third-order valence-electron chi connectivity index (χ3n) is 3.47. The van der Waals surface area contributed by atoms with Gasteiger partial charge in [-0.2, -0.15) is 0 Å². The smallest absolute Gasteiger partial charge is 0.404 e. The summed E-state index contributed by atoms with van der Waals surface area (Å²) in [6, 6.07) is 0.0266. The molecule has 0 aromatic carbocycles. The van der Waals surface area contributed by atoms with Crippen LogP contribution in [-0.2, 0) is 0 Å². The first-order valence-corrected chi connectivity index (χ1v) is 5.05. The van der Waals surface area contributed by atoms with E-state index >= 15 is 0 Å². The summed E-state index contributed by atoms with van der Waals surface area (Å²) in [5, 5.41) is 22.2. The summed E-state index contributed by atoms with van der Waals surface area (Å²) >= 11 is 0. The van der Waals surface area contributed by atoms with E-state index in [0.29, 0.717) is 11.8 Å². The average molecular weight is 214 g/mol. The predicted octanol–water partition coefficient (Wildman–Crippen LogP) is 0.689. The van der Waals surface area contributed by atoms with Gasteiger partial charge in [0.05, 0.1) is 0 Å². The topological polar surface area (TPSA) is 98.7 Å². The van der Waals surface area contributed by atoms with Gasteiger partial charge in [0, 0.05) is 12.1 Å². The molecule has 2 rings (SSSR count). The van der Waals surface area contributed by atoms with E-state index in [1.807, 2.05) is 0 Å². The summed E-state index contributed by atoms with van der Waals surface area (Å²) in [6.45, 7) is 0. The monoisotopic (exact) mass is 214 g/mol. The lowest BCUT2D eigenvalue weighted by molar-refractivity contribution is 0.173. The summed E-state index contributed by atoms with van der Waals surface area (Å²) in [7, 11) is 0. The number of hydrogen-bond acceptors (Lipinski definition) is 2. The van der Waals surface area contributed by atoms with Crippen LogP contribution < -0.4 is 10.6 Å². The van der Waals surface area contributed by atoms with Crippen LogP contribution in [0.25, 0.3) is 0 Å². The Hall–Kier alpha value is -1.46. The van der Waals surface area contributed by atoms with Gasteiger partial charge in [-0.3, -0.25) is 0 Å². The molecule has 2 bridgehead atoms. The highest BCUT2D eigenvalue weighted by molar-refractivity contribution is 5.66. The van der Waals surface area contributed by atoms with E-state index in [2.05, 4.69) is 10.6 Å². The molecule has 2 aliphatic rings. The molecule has 6 nitrogen and oxygen atoms in total. The Kier molecular flexibility index (Phi) is 2.42. The van der Waals surface area contributed by atoms with Gasteiger partial charge < -0.3 is 20.8 Å². The highest BCUT2D eigenvalue weighted by atomic mass is 16.4. The van der Waals surface area contributed by atoms with E-state index in [0.717, 1.165) is 19.3 Å². The number of rotatable bonds is 2. The van der Waals surface area contributed by atoms with Crippen molar-refractivity contribution in [2.75, 3.05) is 0 Å². The summed E-state index contributed by atoms with van der Waals surface area (Å²) in [6.07, 6.45) is 0.449. The SMILES string of the molecule is O=C(O)NC1CC2CC1CC2NC(=O)O. The van der Waals surface area contributed by atoms with Gasteiger partial charge in [0.2, 0.25) is 0 Å². The predicted molar refractivity (Wildman–Crippen MR) is 50.7 cm³/mol. The molecule has 4 unspecified atom stereocenters. The molecule has 84 valence electrons. The van der Waals surface area contributed by atoms with E-state index in [-0.39, 0.29) is 12.1 Å². The number of fused-ring (bicyclic) bond motifs is 2. The fourth-order valence-corrected chi connectivity index (χ4v) is 2.95. The lowest BCUT2D eigenvalue weighted by atomic mass is 9.91. The van der Waals surface area contributed by atoms with Crippen molar-refractivity contribution in [3.05, 3.63) is 0 Å². The lowest BCUT2D eigenvalue weighted by Gasteiger charge is -2.27. The van der Waals surface area contributed by atoms with E-state index in [4.69, 9.17) is 10.2 Å². The summed E-state index contributed by atoms with van der Waals surface area (Å²) in [5.41, 5.74) is 0. The zero-order valence-electron chi connectivity index (χ0n) is 8.14. The van der Waals surface area contributed by atoms with Crippen LogP contribution in [-0.4, -0.2) is 34.5 Å². The Morgan fingerprint density at radius 1 is 0.867 bits per heavy atom. The van der Waals surface area contributed by atoms with Gasteiger partial charge in [-0.25, -0.2) is 9.59 Å². The van der Waals surface area contributed by atoms with E-state index < -0.39 is 12.2 Å². The highest BCUT2D eigenvalue weighted by Crippen LogP contribution is 2.44. The molecule has 6 heteroatoms. The Balaban J connectivity index is 1.88. The molecule has 0 aromatic heterocycles. The van der Waals surface area contributed by atoms with Crippen molar-refractivity contribution in [1.82, 2.24) is 10.6 Å². The van der Waals surface area contributed by atoms with Crippen LogP contribution in [0.1, 0.15) is 19.3 Å². The highest BCUT2D eigenvalue weighted by Gasteiger charge is 2.46. The fourth-order valence-electron chi connectivity index (χ4n) is 2.95. The van der Waals surface area contributed by atoms with Gasteiger partial charge in [-0.1, -0.05) is 0 Å². The molecule has 0 saturated heterocycles. The second-order valence-corrected chi connectivity index (χ2v) is 4.34. The molecule has 4 N–H and O–H groups in total. The maximum absolute atomic E-state index is 10.5. The van der Waals surface area contributed by atoms with Gasteiger partial charge in [0.1, 0.15) is 0 Å². The summed E-state index contributed by atoms with van der Waals surface area (Å²) in [5.74, 6) is 0.589. The van der Waals surface area contributed by atoms with Crippen LogP contribution in [0, 0.1) is 11.8 Å². The molecule has 15 heavy (non-hydrogen) atoms. The first-order valence-electron chi connectivity index (χ1n) is 5.05. The van der Waals surface area contributed by atoms with Gasteiger partial charge in [0.25, 0.3) is 0 Å². The Morgan fingerprint density at radius 3 is 1.53 bits per heavy atom. The van der Waals surface area contributed by atoms with Crippen LogP contribution in [0.5, 0.6) is 0 Å². The van der Waals surface area contributed by atoms with Crippen molar-refractivity contribution >= 4 is 12.2 Å². The molecule has 0 aliphatic heterocycles. The third kappa shape index (κ3) is 1.98. The van der Waals surface area contributed by atoms with Crippen LogP contribution in [0.4, 0.5) is 9.59 Å². The molecule has 4 atom stereocenters. The van der Waals surface area contributed by atoms with Crippen molar-refractivity contribution in [2.24, 2.45) is 11.8 Å². The zero-order valence-corrected chi connectivity index (χ0v) is 8.14. The van der Waals surface area contributed by atoms with E-state index in [9.17, 15) is 9.59 Å². The quantitative estimate of drug-likeness (QED) is 0.543. The Labute approximate surface area is 86.7 Å². The summed E-state index contributed by atoms with van der Waals surface area (Å²) < 4.78 is 0. The van der Waals surface area contributed by atoms with E-state index in [1.54, 1.807) is 0 Å². The first-order chi connectivity index (χ1) is 7.06. The molecular weight excluding hydrogens is 200 g/mol. The number of carboxylic acid groups (broad SMARTS) is 2. The maximum atomic E-state index is 10.5. The molecule has 0 aromatic rings. The molecule has 2 amide bonds. The van der Waals surface area contributed by atoms with Crippen molar-refractivity contribution < 1.29 is 19.8 Å². The molecule has 0 heterocycles. The second-order valence-electron chi connectivity index (χ2n) is 4.34. The number of hydrogen-bond donors (Lipinski definition) is 4. The molecule has 2 aliphatic carbocycles. The summed E-state index contributed by atoms with van der Waals surface area (Å²) in [4.78, 5) is 20.9. The van der Waals surface area contributed by atoms with Crippen LogP contribution in [0.15, 0.2) is 0 Å². The molecule has 2 saturated carbocycles. The minimum atomic E-state index is -0.990. The number of carbonyl (C=O) groups is 2. The standard InChI is InChI=1S/C9H14N2O4/c12-8(13)10-6-2-4-1-5(6)3-7(4)11-9(14)15/h4-7,10-11H,1-3H2,(H,12,13)(H,14,15). The van der Waals surface area contributed by atoms with E-state index in [1.165, 1.54) is 0 Å². The minimum Gasteiger partial charge on any atom is -0.465 e. The molecule has 2 fully saturated rings. The zero-order chi connectivity index (χ0) is 11.0. The first kappa shape index (κ1) is 10.1. The largest absolute Gasteiger partial charge is 0.465 e. The van der Waals surface area contributed by atoms with Crippen molar-refractivity contribution in [1.29, 1.82) is 0 Å². The van der Waals surface area contributed by atoms with Gasteiger partial charge in [-0.05, 0) is 31.1 Å². The van der Waals surface area contributed by atoms with Crippen LogP contribution >= 0.6 is 0 Å². The average Bonchev–Trinajstić information content (AvgIpc) is 2.60.